The van der Waals surface area contributed by atoms with Crippen molar-refractivity contribution in [2.45, 2.75) is 33.7 Å². The van der Waals surface area contributed by atoms with E-state index in [-0.39, 0.29) is 0 Å². The van der Waals surface area contributed by atoms with Crippen molar-refractivity contribution in [3.8, 4) is 0 Å². The molecule has 0 unspecified atom stereocenters. The van der Waals surface area contributed by atoms with Gasteiger partial charge in [-0.3, -0.25) is 0 Å². The molecule has 1 aromatic heterocycles. The molecule has 1 nitrogen and oxygen atoms in total. The summed E-state index contributed by atoms with van der Waals surface area (Å²) >= 11 is 11.0. The SMILES string of the molecule is CC(C)(C)CCNCc1cc(Br)c(Cl)s1. The average molecular weight is 311 g/mol. The lowest BCUT2D eigenvalue weighted by Gasteiger charge is -2.17. The number of rotatable bonds is 4. The third kappa shape index (κ3) is 5.34. The van der Waals surface area contributed by atoms with Gasteiger partial charge in [-0.2, -0.15) is 0 Å². The van der Waals surface area contributed by atoms with Crippen LogP contribution in [0.15, 0.2) is 10.5 Å². The monoisotopic (exact) mass is 309 g/mol. The molecule has 0 atom stereocenters. The fourth-order valence-corrected chi connectivity index (χ4v) is 2.91. The Morgan fingerprint density at radius 3 is 2.60 bits per heavy atom. The van der Waals surface area contributed by atoms with E-state index in [9.17, 15) is 0 Å². The molecule has 0 radical (unpaired) electrons. The Hall–Kier alpha value is 0.430. The van der Waals surface area contributed by atoms with Crippen LogP contribution in [-0.2, 0) is 6.54 Å². The fourth-order valence-electron chi connectivity index (χ4n) is 1.15. The highest BCUT2D eigenvalue weighted by Crippen LogP contribution is 2.31. The summed E-state index contributed by atoms with van der Waals surface area (Å²) < 4.78 is 1.84. The molecule has 0 fully saturated rings. The number of nitrogens with one attached hydrogen (secondary N) is 1. The van der Waals surface area contributed by atoms with E-state index in [0.29, 0.717) is 5.41 Å². The van der Waals surface area contributed by atoms with E-state index in [1.165, 1.54) is 11.3 Å². The summed E-state index contributed by atoms with van der Waals surface area (Å²) in [6.45, 7) is 8.73. The van der Waals surface area contributed by atoms with Crippen LogP contribution >= 0.6 is 38.9 Å². The third-order valence-electron chi connectivity index (χ3n) is 2.05. The van der Waals surface area contributed by atoms with Crippen molar-refractivity contribution in [3.05, 3.63) is 19.8 Å². The van der Waals surface area contributed by atoms with Crippen LogP contribution in [0.4, 0.5) is 0 Å². The lowest BCUT2D eigenvalue weighted by molar-refractivity contribution is 0.367. The van der Waals surface area contributed by atoms with Crippen LogP contribution in [0.2, 0.25) is 4.34 Å². The molecule has 0 spiro atoms. The predicted molar refractivity (Wildman–Crippen MR) is 72.8 cm³/mol. The van der Waals surface area contributed by atoms with Crippen LogP contribution in [0, 0.1) is 5.41 Å². The topological polar surface area (TPSA) is 12.0 Å². The van der Waals surface area contributed by atoms with Crippen LogP contribution < -0.4 is 5.32 Å². The van der Waals surface area contributed by atoms with Gasteiger partial charge in [0.2, 0.25) is 0 Å². The molecule has 0 amide bonds. The molecule has 0 aliphatic rings. The summed E-state index contributed by atoms with van der Waals surface area (Å²) in [4.78, 5) is 1.28. The van der Waals surface area contributed by atoms with Crippen LogP contribution in [0.25, 0.3) is 0 Å². The van der Waals surface area contributed by atoms with Crippen LogP contribution in [0.5, 0.6) is 0 Å². The van der Waals surface area contributed by atoms with E-state index in [1.807, 2.05) is 0 Å². The minimum atomic E-state index is 0.403. The first kappa shape index (κ1) is 13.5. The van der Waals surface area contributed by atoms with Gasteiger partial charge in [-0.1, -0.05) is 32.4 Å². The van der Waals surface area contributed by atoms with E-state index in [0.717, 1.165) is 21.9 Å². The smallest absolute Gasteiger partial charge is 0.107 e. The van der Waals surface area contributed by atoms with Gasteiger partial charge in [-0.05, 0) is 40.4 Å². The largest absolute Gasteiger partial charge is 0.312 e. The molecule has 15 heavy (non-hydrogen) atoms. The third-order valence-corrected chi connectivity index (χ3v) is 4.52. The Kier molecular flexibility index (Phi) is 5.10. The van der Waals surface area contributed by atoms with Crippen molar-refractivity contribution in [3.63, 3.8) is 0 Å². The molecule has 0 saturated heterocycles. The Morgan fingerprint density at radius 2 is 2.13 bits per heavy atom. The lowest BCUT2D eigenvalue weighted by Crippen LogP contribution is -2.19. The Bertz CT molecular complexity index is 297. The molecule has 1 heterocycles. The molecule has 86 valence electrons. The second-order valence-corrected chi connectivity index (χ2v) is 7.41. The fraction of sp³-hybridized carbons (Fsp3) is 0.636. The minimum Gasteiger partial charge on any atom is -0.312 e. The van der Waals surface area contributed by atoms with Crippen molar-refractivity contribution in [1.29, 1.82) is 0 Å². The highest BCUT2D eigenvalue weighted by molar-refractivity contribution is 9.10. The zero-order chi connectivity index (χ0) is 11.5. The van der Waals surface area contributed by atoms with Gasteiger partial charge in [0.25, 0.3) is 0 Å². The zero-order valence-corrected chi connectivity index (χ0v) is 12.5. The van der Waals surface area contributed by atoms with Gasteiger partial charge in [0.1, 0.15) is 4.34 Å². The molecule has 0 aromatic carbocycles. The van der Waals surface area contributed by atoms with Crippen molar-refractivity contribution in [1.82, 2.24) is 5.32 Å². The summed E-state index contributed by atoms with van der Waals surface area (Å²) in [6, 6.07) is 2.08. The first-order chi connectivity index (χ1) is 6.88. The highest BCUT2D eigenvalue weighted by atomic mass is 79.9. The number of thiophene rings is 1. The first-order valence-corrected chi connectivity index (χ1v) is 7.02. The van der Waals surface area contributed by atoms with Gasteiger partial charge < -0.3 is 5.32 Å². The van der Waals surface area contributed by atoms with Gasteiger partial charge in [-0.25, -0.2) is 0 Å². The zero-order valence-electron chi connectivity index (χ0n) is 9.36. The van der Waals surface area contributed by atoms with Gasteiger partial charge in [-0.15, -0.1) is 11.3 Å². The van der Waals surface area contributed by atoms with E-state index in [2.05, 4.69) is 48.1 Å². The molecule has 1 rings (SSSR count). The molecule has 1 aromatic rings. The number of hydrogen-bond acceptors (Lipinski definition) is 2. The van der Waals surface area contributed by atoms with Crippen LogP contribution in [-0.4, -0.2) is 6.54 Å². The van der Waals surface area contributed by atoms with Crippen molar-refractivity contribution < 1.29 is 0 Å². The summed E-state index contributed by atoms with van der Waals surface area (Å²) in [5, 5.41) is 3.43. The van der Waals surface area contributed by atoms with Gasteiger partial charge in [0.05, 0.1) is 0 Å². The van der Waals surface area contributed by atoms with E-state index < -0.39 is 0 Å². The van der Waals surface area contributed by atoms with Gasteiger partial charge >= 0.3 is 0 Å². The van der Waals surface area contributed by atoms with Crippen LogP contribution in [0.1, 0.15) is 32.1 Å². The molecule has 4 heteroatoms. The highest BCUT2D eigenvalue weighted by Gasteiger charge is 2.09. The molecule has 0 saturated carbocycles. The summed E-state index contributed by atoms with van der Waals surface area (Å²) in [5.74, 6) is 0. The Labute approximate surface area is 109 Å². The van der Waals surface area contributed by atoms with Crippen LogP contribution in [0.3, 0.4) is 0 Å². The van der Waals surface area contributed by atoms with Gasteiger partial charge in [0, 0.05) is 15.9 Å². The first-order valence-electron chi connectivity index (χ1n) is 5.03. The molecule has 1 N–H and O–H groups in total. The van der Waals surface area contributed by atoms with Gasteiger partial charge in [0.15, 0.2) is 0 Å². The summed E-state index contributed by atoms with van der Waals surface area (Å²) in [5.41, 5.74) is 0.403. The molecular weight excluding hydrogens is 294 g/mol. The molecular formula is C11H17BrClNS. The second-order valence-electron chi connectivity index (χ2n) is 4.82. The maximum Gasteiger partial charge on any atom is 0.107 e. The summed E-state index contributed by atoms with van der Waals surface area (Å²) in [7, 11) is 0. The quantitative estimate of drug-likeness (QED) is 0.796. The van der Waals surface area contributed by atoms with Crippen molar-refractivity contribution >= 4 is 38.9 Å². The second kappa shape index (κ2) is 5.67. The molecule has 0 bridgehead atoms. The van der Waals surface area contributed by atoms with E-state index >= 15 is 0 Å². The normalized spacial score (nSPS) is 12.1. The number of halogens is 2. The molecule has 0 aliphatic carbocycles. The maximum absolute atomic E-state index is 5.96. The van der Waals surface area contributed by atoms with Crippen molar-refractivity contribution in [2.24, 2.45) is 5.41 Å². The minimum absolute atomic E-state index is 0.403. The average Bonchev–Trinajstić information content (AvgIpc) is 2.39. The van der Waals surface area contributed by atoms with Crippen molar-refractivity contribution in [2.75, 3.05) is 6.54 Å². The standard InChI is InChI=1S/C11H17BrClNS/c1-11(2,3)4-5-14-7-8-6-9(12)10(13)15-8/h6,14H,4-5,7H2,1-3H3. The Balaban J connectivity index is 2.26. The Morgan fingerprint density at radius 1 is 1.47 bits per heavy atom. The van der Waals surface area contributed by atoms with E-state index in [4.69, 9.17) is 11.6 Å². The maximum atomic E-state index is 5.96. The lowest BCUT2D eigenvalue weighted by atomic mass is 9.92. The molecule has 0 aliphatic heterocycles. The predicted octanol–water partition coefficient (Wildman–Crippen LogP) is 4.69. The van der Waals surface area contributed by atoms with E-state index in [1.54, 1.807) is 11.3 Å². The number of hydrogen-bond donors (Lipinski definition) is 1. The summed E-state index contributed by atoms with van der Waals surface area (Å²) in [6.07, 6.45) is 1.19.